The Labute approximate surface area is 194 Å². The molecule has 0 aromatic carbocycles. The van der Waals surface area contributed by atoms with Crippen LogP contribution >= 0.6 is 0 Å². The van der Waals surface area contributed by atoms with E-state index >= 15 is 0 Å². The molecule has 0 rings (SSSR count). The minimum absolute atomic E-state index is 0.219. The van der Waals surface area contributed by atoms with Crippen LogP contribution in [0.5, 0.6) is 0 Å². The van der Waals surface area contributed by atoms with Gasteiger partial charge in [0.25, 0.3) is 0 Å². The Kier molecular flexibility index (Phi) is 19.3. The Morgan fingerprint density at radius 3 is 1.94 bits per heavy atom. The van der Waals surface area contributed by atoms with Gasteiger partial charge in [-0.3, -0.25) is 9.59 Å². The van der Waals surface area contributed by atoms with Gasteiger partial charge in [-0.05, 0) is 12.8 Å². The van der Waals surface area contributed by atoms with Crippen molar-refractivity contribution in [3.8, 4) is 0 Å². The summed E-state index contributed by atoms with van der Waals surface area (Å²) in [6, 6.07) is -0.904. The zero-order valence-corrected chi connectivity index (χ0v) is 20.4. The monoisotopic (exact) mass is 457 g/mol. The van der Waals surface area contributed by atoms with Crippen LogP contribution in [0.1, 0.15) is 104 Å². The van der Waals surface area contributed by atoms with Gasteiger partial charge in [-0.2, -0.15) is 0 Å². The third-order valence-electron chi connectivity index (χ3n) is 5.47. The topological polar surface area (TPSA) is 116 Å². The number of unbranched alkanes of at least 4 members (excludes halogenated alkanes) is 9. The Morgan fingerprint density at radius 1 is 0.812 bits per heavy atom. The van der Waals surface area contributed by atoms with Gasteiger partial charge in [-0.25, -0.2) is 0 Å². The Bertz CT molecular complexity index is 511. The maximum absolute atomic E-state index is 12.4. The number of carbonyl (C=O) groups is 2. The molecule has 0 aliphatic rings. The summed E-state index contributed by atoms with van der Waals surface area (Å²) in [5.74, 6) is -1.12. The van der Waals surface area contributed by atoms with Crippen LogP contribution in [-0.2, 0) is 14.3 Å². The quantitative estimate of drug-likeness (QED) is 0.126. The minimum Gasteiger partial charge on any atom is -0.464 e. The van der Waals surface area contributed by atoms with Crippen molar-refractivity contribution in [1.82, 2.24) is 5.32 Å². The first-order valence-corrected chi connectivity index (χ1v) is 12.5. The van der Waals surface area contributed by atoms with Gasteiger partial charge in [0.2, 0.25) is 5.91 Å². The van der Waals surface area contributed by atoms with E-state index in [0.29, 0.717) is 12.8 Å². The Morgan fingerprint density at radius 2 is 1.34 bits per heavy atom. The van der Waals surface area contributed by atoms with Gasteiger partial charge in [0.1, 0.15) is 12.7 Å². The first kappa shape index (κ1) is 30.6. The first-order valence-electron chi connectivity index (χ1n) is 12.5. The molecule has 0 radical (unpaired) electrons. The second-order valence-corrected chi connectivity index (χ2v) is 8.64. The number of aliphatic hydroxyl groups excluding tert-OH is 3. The molecule has 188 valence electrons. The van der Waals surface area contributed by atoms with Gasteiger partial charge in [0.05, 0.1) is 18.2 Å². The van der Waals surface area contributed by atoms with Gasteiger partial charge in [-0.15, -0.1) is 0 Å². The molecule has 4 N–H and O–H groups in total. The predicted octanol–water partition coefficient (Wildman–Crippen LogP) is 3.78. The van der Waals surface area contributed by atoms with Gasteiger partial charge in [0.15, 0.2) is 0 Å². The molecule has 0 fully saturated rings. The number of carbonyl (C=O) groups excluding carboxylic acids is 2. The van der Waals surface area contributed by atoms with Crippen molar-refractivity contribution in [2.75, 3.05) is 6.61 Å². The van der Waals surface area contributed by atoms with E-state index in [4.69, 9.17) is 4.74 Å². The Balaban J connectivity index is 4.49. The fourth-order valence-electron chi connectivity index (χ4n) is 3.39. The molecule has 0 aromatic rings. The summed E-state index contributed by atoms with van der Waals surface area (Å²) in [7, 11) is 0. The molecule has 7 nitrogen and oxygen atoms in total. The van der Waals surface area contributed by atoms with E-state index in [1.54, 1.807) is 0 Å². The van der Waals surface area contributed by atoms with Gasteiger partial charge >= 0.3 is 5.97 Å². The third-order valence-corrected chi connectivity index (χ3v) is 5.47. The van der Waals surface area contributed by atoms with Crippen LogP contribution in [-0.4, -0.2) is 58.2 Å². The van der Waals surface area contributed by atoms with Crippen molar-refractivity contribution in [3.05, 3.63) is 12.2 Å². The number of aliphatic hydroxyl groups is 3. The number of rotatable bonds is 20. The largest absolute Gasteiger partial charge is 0.464 e. The maximum atomic E-state index is 12.4. The van der Waals surface area contributed by atoms with Crippen molar-refractivity contribution in [2.45, 2.75) is 129 Å². The number of hydrogen-bond acceptors (Lipinski definition) is 6. The van der Waals surface area contributed by atoms with Crippen molar-refractivity contribution in [2.24, 2.45) is 0 Å². The molecule has 4 atom stereocenters. The van der Waals surface area contributed by atoms with E-state index < -0.39 is 36.2 Å². The Hall–Kier alpha value is -1.44. The molecule has 0 saturated carbocycles. The molecule has 0 bridgehead atoms. The predicted molar refractivity (Wildman–Crippen MR) is 127 cm³/mol. The van der Waals surface area contributed by atoms with Crippen LogP contribution in [0.3, 0.4) is 0 Å². The van der Waals surface area contributed by atoms with Crippen molar-refractivity contribution < 1.29 is 29.6 Å². The molecule has 32 heavy (non-hydrogen) atoms. The smallest absolute Gasteiger partial charge is 0.302 e. The highest BCUT2D eigenvalue weighted by atomic mass is 16.5. The SMILES string of the molecule is CCCCCCCCCCC(O)C(=O)NC(COC(C)=O)C(O)/C=C/C(O)CCCCC. The molecular weight excluding hydrogens is 410 g/mol. The van der Waals surface area contributed by atoms with Gasteiger partial charge in [0, 0.05) is 6.92 Å². The van der Waals surface area contributed by atoms with Crippen LogP contribution in [0.2, 0.25) is 0 Å². The van der Waals surface area contributed by atoms with E-state index in [-0.39, 0.29) is 6.61 Å². The molecular formula is C25H47NO6. The van der Waals surface area contributed by atoms with E-state index in [9.17, 15) is 24.9 Å². The lowest BCUT2D eigenvalue weighted by Gasteiger charge is -2.23. The second-order valence-electron chi connectivity index (χ2n) is 8.64. The molecule has 4 unspecified atom stereocenters. The highest BCUT2D eigenvalue weighted by Crippen LogP contribution is 2.11. The van der Waals surface area contributed by atoms with E-state index in [2.05, 4.69) is 19.2 Å². The molecule has 0 aliphatic heterocycles. The third kappa shape index (κ3) is 17.2. The lowest BCUT2D eigenvalue weighted by molar-refractivity contribution is -0.144. The van der Waals surface area contributed by atoms with Crippen molar-refractivity contribution in [1.29, 1.82) is 0 Å². The highest BCUT2D eigenvalue weighted by Gasteiger charge is 2.24. The molecule has 0 aromatic heterocycles. The molecule has 7 heteroatoms. The number of ether oxygens (including phenoxy) is 1. The summed E-state index contributed by atoms with van der Waals surface area (Å²) < 4.78 is 4.95. The number of nitrogens with one attached hydrogen (secondary N) is 1. The summed E-state index contributed by atoms with van der Waals surface area (Å²) in [4.78, 5) is 23.5. The summed E-state index contributed by atoms with van der Waals surface area (Å²) in [5.41, 5.74) is 0. The molecule has 0 aliphatic carbocycles. The lowest BCUT2D eigenvalue weighted by atomic mass is 10.0. The van der Waals surface area contributed by atoms with Crippen LogP contribution in [0.15, 0.2) is 12.2 Å². The normalized spacial score (nSPS) is 15.3. The molecule has 0 saturated heterocycles. The van der Waals surface area contributed by atoms with E-state index in [0.717, 1.165) is 38.5 Å². The zero-order valence-electron chi connectivity index (χ0n) is 20.4. The summed E-state index contributed by atoms with van der Waals surface area (Å²) in [5, 5.41) is 33.2. The van der Waals surface area contributed by atoms with E-state index in [1.165, 1.54) is 51.2 Å². The maximum Gasteiger partial charge on any atom is 0.302 e. The van der Waals surface area contributed by atoms with Crippen LogP contribution in [0.25, 0.3) is 0 Å². The van der Waals surface area contributed by atoms with Gasteiger partial charge in [-0.1, -0.05) is 96.6 Å². The number of esters is 1. The summed E-state index contributed by atoms with van der Waals surface area (Å²) >= 11 is 0. The van der Waals surface area contributed by atoms with Crippen molar-refractivity contribution >= 4 is 11.9 Å². The fourth-order valence-corrected chi connectivity index (χ4v) is 3.39. The first-order chi connectivity index (χ1) is 15.3. The molecule has 0 spiro atoms. The molecule has 0 heterocycles. The molecule has 1 amide bonds. The summed E-state index contributed by atoms with van der Waals surface area (Å²) in [6.45, 7) is 5.30. The number of amides is 1. The minimum atomic E-state index is -1.18. The average molecular weight is 458 g/mol. The average Bonchev–Trinajstić information content (AvgIpc) is 2.76. The second kappa shape index (κ2) is 20.2. The highest BCUT2D eigenvalue weighted by molar-refractivity contribution is 5.80. The summed E-state index contributed by atoms with van der Waals surface area (Å²) in [6.07, 6.45) is 12.8. The van der Waals surface area contributed by atoms with Crippen LogP contribution in [0.4, 0.5) is 0 Å². The van der Waals surface area contributed by atoms with E-state index in [1.807, 2.05) is 0 Å². The van der Waals surface area contributed by atoms with Gasteiger partial charge < -0.3 is 25.4 Å². The standard InChI is InChI=1S/C25H47NO6/c1-4-6-8-9-10-11-12-14-16-24(30)25(31)26-22(19-32-20(3)27)23(29)18-17-21(28)15-13-7-5-2/h17-18,21-24,28-30H,4-16,19H2,1-3H3,(H,26,31)/b18-17+. The number of hydrogen-bond donors (Lipinski definition) is 4. The lowest BCUT2D eigenvalue weighted by Crippen LogP contribution is -2.49. The fraction of sp³-hybridized carbons (Fsp3) is 0.840. The zero-order chi connectivity index (χ0) is 24.2. The van der Waals surface area contributed by atoms with Crippen LogP contribution < -0.4 is 5.32 Å². The van der Waals surface area contributed by atoms with Crippen molar-refractivity contribution in [3.63, 3.8) is 0 Å². The van der Waals surface area contributed by atoms with Crippen LogP contribution in [0, 0.1) is 0 Å².